The number of carbonyl (C=O) groups is 1. The fraction of sp³-hybridized carbons (Fsp3) is 0.750. The minimum absolute atomic E-state index is 0. The van der Waals surface area contributed by atoms with Gasteiger partial charge in [-0.3, -0.25) is 4.79 Å². The van der Waals surface area contributed by atoms with Crippen molar-refractivity contribution in [3.8, 4) is 0 Å². The predicted octanol–water partition coefficient (Wildman–Crippen LogP) is -2.30. The van der Waals surface area contributed by atoms with E-state index in [1.54, 1.807) is 0 Å². The van der Waals surface area contributed by atoms with Gasteiger partial charge >= 0.3 is 35.5 Å². The molecular weight excluding hydrogens is 119 g/mol. The zero-order chi connectivity index (χ0) is 4.99. The summed E-state index contributed by atoms with van der Waals surface area (Å²) in [6, 6.07) is 0. The van der Waals surface area contributed by atoms with Crippen LogP contribution in [0.4, 0.5) is 0 Å². The minimum Gasteiger partial charge on any atom is -0.870 e. The summed E-state index contributed by atoms with van der Waals surface area (Å²) in [4.78, 5) is 9.60. The second kappa shape index (κ2) is 10.4. The van der Waals surface area contributed by atoms with E-state index in [4.69, 9.17) is 5.11 Å². The van der Waals surface area contributed by atoms with Gasteiger partial charge in [-0.1, -0.05) is 6.92 Å². The van der Waals surface area contributed by atoms with Crippen LogP contribution in [0.25, 0.3) is 0 Å². The molecule has 2 N–H and O–H groups in total. The van der Waals surface area contributed by atoms with Gasteiger partial charge in [-0.2, -0.15) is 0 Å². The Morgan fingerprint density at radius 3 is 2.00 bits per heavy atom. The fourth-order valence-electron chi connectivity index (χ4n) is 0.214. The standard InChI is InChI=1S/C4H8O2.Na.H2O/c1-2-3-4(5)6;;/h2-3H2,1H3,(H,5,6);;1H2/q;+1;/p-1. The monoisotopic (exact) mass is 128 g/mol. The quantitative estimate of drug-likeness (QED) is 0.425. The van der Waals surface area contributed by atoms with Crippen LogP contribution >= 0.6 is 0 Å². The zero-order valence-electron chi connectivity index (χ0n) is 5.22. The van der Waals surface area contributed by atoms with E-state index in [-0.39, 0.29) is 35.0 Å². The van der Waals surface area contributed by atoms with Crippen molar-refractivity contribution in [1.82, 2.24) is 0 Å². The van der Waals surface area contributed by atoms with Crippen LogP contribution in [0.1, 0.15) is 19.8 Å². The van der Waals surface area contributed by atoms with Gasteiger partial charge in [-0.05, 0) is 6.42 Å². The summed E-state index contributed by atoms with van der Waals surface area (Å²) in [5.74, 6) is -0.711. The summed E-state index contributed by atoms with van der Waals surface area (Å²) in [5.41, 5.74) is 0. The summed E-state index contributed by atoms with van der Waals surface area (Å²) in [6.07, 6.45) is 1.02. The Kier molecular flexibility index (Phi) is 20.6. The Morgan fingerprint density at radius 2 is 2.00 bits per heavy atom. The Hall–Kier alpha value is 0.430. The first-order valence-corrected chi connectivity index (χ1v) is 1.99. The van der Waals surface area contributed by atoms with Crippen LogP contribution in [0, 0.1) is 0 Å². The molecule has 0 aliphatic rings. The van der Waals surface area contributed by atoms with Gasteiger partial charge in [0.2, 0.25) is 0 Å². The van der Waals surface area contributed by atoms with Crippen molar-refractivity contribution in [2.24, 2.45) is 0 Å². The number of carboxylic acid groups (broad SMARTS) is 1. The summed E-state index contributed by atoms with van der Waals surface area (Å²) < 4.78 is 0. The van der Waals surface area contributed by atoms with Crippen molar-refractivity contribution in [1.29, 1.82) is 0 Å². The molecule has 0 aromatic rings. The molecule has 0 heterocycles. The van der Waals surface area contributed by atoms with Crippen molar-refractivity contribution in [3.63, 3.8) is 0 Å². The summed E-state index contributed by atoms with van der Waals surface area (Å²) in [6.45, 7) is 1.84. The van der Waals surface area contributed by atoms with Crippen LogP contribution in [0.3, 0.4) is 0 Å². The van der Waals surface area contributed by atoms with E-state index in [2.05, 4.69) is 0 Å². The molecule has 0 aliphatic heterocycles. The first-order chi connectivity index (χ1) is 2.77. The Labute approximate surface area is 70.7 Å². The molecule has 0 aliphatic carbocycles. The molecule has 0 saturated carbocycles. The Balaban J connectivity index is -0.000000125. The fourth-order valence-corrected chi connectivity index (χ4v) is 0.214. The number of rotatable bonds is 2. The number of carboxylic acids is 1. The predicted molar refractivity (Wildman–Crippen MR) is 24.5 cm³/mol. The normalized spacial score (nSPS) is 6.12. The third kappa shape index (κ3) is 16.1. The molecule has 0 radical (unpaired) electrons. The van der Waals surface area contributed by atoms with Crippen molar-refractivity contribution in [2.45, 2.75) is 19.8 Å². The number of hydrogen-bond acceptors (Lipinski definition) is 2. The maximum atomic E-state index is 9.60. The van der Waals surface area contributed by atoms with Crippen LogP contribution in [0.2, 0.25) is 0 Å². The molecule has 0 aromatic carbocycles. The summed E-state index contributed by atoms with van der Waals surface area (Å²) >= 11 is 0. The molecule has 0 atom stereocenters. The number of aliphatic carboxylic acids is 1. The van der Waals surface area contributed by atoms with Gasteiger partial charge < -0.3 is 10.6 Å². The molecule has 0 unspecified atom stereocenters. The molecule has 0 spiro atoms. The van der Waals surface area contributed by atoms with Crippen LogP contribution in [0.15, 0.2) is 0 Å². The van der Waals surface area contributed by atoms with Gasteiger partial charge in [0.15, 0.2) is 0 Å². The second-order valence-electron chi connectivity index (χ2n) is 1.14. The largest absolute Gasteiger partial charge is 1.00 e. The maximum absolute atomic E-state index is 9.60. The van der Waals surface area contributed by atoms with Gasteiger partial charge in [-0.15, -0.1) is 0 Å². The van der Waals surface area contributed by atoms with Gasteiger partial charge in [0, 0.05) is 6.42 Å². The molecule has 0 bridgehead atoms. The van der Waals surface area contributed by atoms with E-state index >= 15 is 0 Å². The molecule has 3 nitrogen and oxygen atoms in total. The molecule has 0 saturated heterocycles. The van der Waals surface area contributed by atoms with Crippen molar-refractivity contribution < 1.29 is 44.9 Å². The molecule has 8 heavy (non-hydrogen) atoms. The maximum Gasteiger partial charge on any atom is 1.00 e. The first-order valence-electron chi connectivity index (χ1n) is 1.99. The first kappa shape index (κ1) is 15.8. The third-order valence-electron chi connectivity index (χ3n) is 0.464. The van der Waals surface area contributed by atoms with Crippen LogP contribution in [0.5, 0.6) is 0 Å². The minimum atomic E-state index is -0.711. The van der Waals surface area contributed by atoms with E-state index in [9.17, 15) is 4.79 Å². The van der Waals surface area contributed by atoms with E-state index in [0.29, 0.717) is 6.42 Å². The van der Waals surface area contributed by atoms with Crippen LogP contribution in [-0.2, 0) is 4.79 Å². The molecule has 0 amide bonds. The second-order valence-corrected chi connectivity index (χ2v) is 1.14. The van der Waals surface area contributed by atoms with Gasteiger partial charge in [0.25, 0.3) is 0 Å². The molecule has 44 valence electrons. The van der Waals surface area contributed by atoms with E-state index in [1.807, 2.05) is 6.92 Å². The molecule has 0 fully saturated rings. The average Bonchev–Trinajstić information content (AvgIpc) is 1.35. The van der Waals surface area contributed by atoms with E-state index in [1.165, 1.54) is 0 Å². The van der Waals surface area contributed by atoms with Crippen molar-refractivity contribution in [3.05, 3.63) is 0 Å². The summed E-state index contributed by atoms with van der Waals surface area (Å²) in [7, 11) is 0. The molecule has 0 aromatic heterocycles. The van der Waals surface area contributed by atoms with Crippen molar-refractivity contribution >= 4 is 5.97 Å². The summed E-state index contributed by atoms with van der Waals surface area (Å²) in [5, 5.41) is 7.91. The third-order valence-corrected chi connectivity index (χ3v) is 0.464. The van der Waals surface area contributed by atoms with E-state index in [0.717, 1.165) is 6.42 Å². The Morgan fingerprint density at radius 1 is 1.62 bits per heavy atom. The average molecular weight is 128 g/mol. The SMILES string of the molecule is CCCC(=O)O.[Na+].[OH-]. The van der Waals surface area contributed by atoms with Crippen LogP contribution in [-0.4, -0.2) is 16.6 Å². The van der Waals surface area contributed by atoms with Gasteiger partial charge in [0.05, 0.1) is 0 Å². The molecular formula is C4H9NaO3. The van der Waals surface area contributed by atoms with Gasteiger partial charge in [0.1, 0.15) is 0 Å². The van der Waals surface area contributed by atoms with E-state index < -0.39 is 5.97 Å². The number of hydrogen-bond donors (Lipinski definition) is 1. The zero-order valence-corrected chi connectivity index (χ0v) is 7.22. The topological polar surface area (TPSA) is 67.3 Å². The Bertz CT molecular complexity index is 55.2. The smallest absolute Gasteiger partial charge is 0.870 e. The molecule has 4 heteroatoms. The van der Waals surface area contributed by atoms with Crippen LogP contribution < -0.4 is 29.6 Å². The van der Waals surface area contributed by atoms with Crippen molar-refractivity contribution in [2.75, 3.05) is 0 Å². The van der Waals surface area contributed by atoms with Gasteiger partial charge in [-0.25, -0.2) is 0 Å². The molecule has 0 rings (SSSR count).